The molecule has 0 radical (unpaired) electrons. The highest BCUT2D eigenvalue weighted by Crippen LogP contribution is 2.39. The molecular formula is C25H24N2O3S. The molecule has 1 N–H and O–H groups in total. The summed E-state index contributed by atoms with van der Waals surface area (Å²) < 4.78 is 7.96. The second kappa shape index (κ2) is 9.27. The van der Waals surface area contributed by atoms with Gasteiger partial charge in [0.2, 0.25) is 0 Å². The third-order valence-electron chi connectivity index (χ3n) is 5.40. The minimum atomic E-state index is -0.823. The molecule has 0 saturated heterocycles. The lowest BCUT2D eigenvalue weighted by atomic mass is 9.96. The van der Waals surface area contributed by atoms with Gasteiger partial charge < -0.3 is 14.4 Å². The van der Waals surface area contributed by atoms with E-state index in [1.807, 2.05) is 84.6 Å². The van der Waals surface area contributed by atoms with Gasteiger partial charge in [0, 0.05) is 34.7 Å². The van der Waals surface area contributed by atoms with Gasteiger partial charge >= 0.3 is 5.97 Å². The van der Waals surface area contributed by atoms with Crippen LogP contribution in [-0.4, -0.2) is 26.9 Å². The highest BCUT2D eigenvalue weighted by Gasteiger charge is 2.28. The van der Waals surface area contributed by atoms with E-state index < -0.39 is 11.9 Å². The first-order chi connectivity index (χ1) is 15.1. The fraction of sp³-hybridized carbons (Fsp3) is 0.200. The summed E-state index contributed by atoms with van der Waals surface area (Å²) in [5.74, 6) is -0.725. The summed E-state index contributed by atoms with van der Waals surface area (Å²) in [6.45, 7) is 0.381. The zero-order valence-electron chi connectivity index (χ0n) is 17.5. The molecule has 4 rings (SSSR count). The van der Waals surface area contributed by atoms with E-state index in [2.05, 4.69) is 4.98 Å². The summed E-state index contributed by atoms with van der Waals surface area (Å²) >= 11 is 1.57. The fourth-order valence-corrected chi connectivity index (χ4v) is 4.77. The number of fused-ring (bicyclic) bond motifs is 1. The summed E-state index contributed by atoms with van der Waals surface area (Å²) in [4.78, 5) is 17.5. The third kappa shape index (κ3) is 4.44. The van der Waals surface area contributed by atoms with Crippen LogP contribution in [0.25, 0.3) is 10.9 Å². The van der Waals surface area contributed by atoms with Crippen molar-refractivity contribution in [2.45, 2.75) is 23.8 Å². The first-order valence-corrected chi connectivity index (χ1v) is 11.3. The quantitative estimate of drug-likeness (QED) is 0.384. The standard InChI is InChI=1S/C25H24N2O3S/c1-27-22-12-11-19(30-16-18-10-6-7-13-26-18)15-20(22)24(31-2)23(27)21(25(28)29)14-17-8-4-3-5-9-17/h3-13,15,21H,14,16H2,1-2H3,(H,28,29). The van der Waals surface area contributed by atoms with Crippen molar-refractivity contribution in [1.29, 1.82) is 0 Å². The molecule has 0 bridgehead atoms. The van der Waals surface area contributed by atoms with Gasteiger partial charge in [0.25, 0.3) is 0 Å². The number of rotatable bonds is 8. The van der Waals surface area contributed by atoms with Crippen LogP contribution in [-0.2, 0) is 24.9 Å². The largest absolute Gasteiger partial charge is 0.487 e. The molecule has 0 aliphatic heterocycles. The molecule has 2 aromatic heterocycles. The Kier molecular flexibility index (Phi) is 6.28. The number of hydrogen-bond acceptors (Lipinski definition) is 4. The Balaban J connectivity index is 1.71. The van der Waals surface area contributed by atoms with E-state index in [9.17, 15) is 9.90 Å². The van der Waals surface area contributed by atoms with Crippen LogP contribution in [0.5, 0.6) is 5.75 Å². The van der Waals surface area contributed by atoms with Crippen molar-refractivity contribution < 1.29 is 14.6 Å². The van der Waals surface area contributed by atoms with E-state index in [-0.39, 0.29) is 0 Å². The smallest absolute Gasteiger partial charge is 0.312 e. The first-order valence-electron chi connectivity index (χ1n) is 10.0. The van der Waals surface area contributed by atoms with Gasteiger partial charge in [-0.25, -0.2) is 0 Å². The van der Waals surface area contributed by atoms with Gasteiger partial charge in [-0.2, -0.15) is 0 Å². The molecule has 0 aliphatic rings. The number of ether oxygens (including phenoxy) is 1. The fourth-order valence-electron chi connectivity index (χ4n) is 3.90. The van der Waals surface area contributed by atoms with Gasteiger partial charge in [0.1, 0.15) is 18.3 Å². The van der Waals surface area contributed by atoms with Gasteiger partial charge in [-0.1, -0.05) is 36.4 Å². The highest BCUT2D eigenvalue weighted by atomic mass is 32.2. The Morgan fingerprint density at radius 3 is 2.58 bits per heavy atom. The number of carboxylic acids is 1. The van der Waals surface area contributed by atoms with Gasteiger partial charge in [-0.3, -0.25) is 9.78 Å². The number of hydrogen-bond donors (Lipinski definition) is 1. The number of aromatic nitrogens is 2. The van der Waals surface area contributed by atoms with E-state index in [1.165, 1.54) is 0 Å². The lowest BCUT2D eigenvalue weighted by Gasteiger charge is -2.16. The number of aliphatic carboxylic acids is 1. The lowest BCUT2D eigenvalue weighted by Crippen LogP contribution is -2.18. The predicted molar refractivity (Wildman–Crippen MR) is 124 cm³/mol. The van der Waals surface area contributed by atoms with Crippen molar-refractivity contribution in [2.24, 2.45) is 7.05 Å². The number of nitrogens with zero attached hydrogens (tertiary/aromatic N) is 2. The van der Waals surface area contributed by atoms with E-state index in [4.69, 9.17) is 4.74 Å². The topological polar surface area (TPSA) is 64.3 Å². The van der Waals surface area contributed by atoms with E-state index >= 15 is 0 Å². The van der Waals surface area contributed by atoms with Crippen LogP contribution in [0.1, 0.15) is 22.9 Å². The maximum absolute atomic E-state index is 12.3. The molecule has 6 heteroatoms. The SMILES string of the molecule is CSc1c(C(Cc2ccccc2)C(=O)O)n(C)c2ccc(OCc3ccccn3)cc12. The van der Waals surface area contributed by atoms with Crippen molar-refractivity contribution in [2.75, 3.05) is 6.26 Å². The molecule has 0 fully saturated rings. The monoisotopic (exact) mass is 432 g/mol. The van der Waals surface area contributed by atoms with Crippen molar-refractivity contribution in [3.05, 3.63) is 89.9 Å². The van der Waals surface area contributed by atoms with Crippen LogP contribution in [0.4, 0.5) is 0 Å². The van der Waals surface area contributed by atoms with Gasteiger partial charge in [0.05, 0.1) is 5.69 Å². The number of carbonyl (C=O) groups is 1. The first kappa shape index (κ1) is 21.0. The molecule has 0 saturated carbocycles. The molecule has 2 heterocycles. The second-order valence-corrected chi connectivity index (χ2v) is 8.16. The van der Waals surface area contributed by atoms with Crippen LogP contribution in [0.2, 0.25) is 0 Å². The van der Waals surface area contributed by atoms with Gasteiger partial charge in [-0.05, 0) is 48.6 Å². The van der Waals surface area contributed by atoms with E-state index in [1.54, 1.807) is 18.0 Å². The molecule has 2 aromatic carbocycles. The Hall–Kier alpha value is -3.25. The number of pyridine rings is 1. The lowest BCUT2D eigenvalue weighted by molar-refractivity contribution is -0.139. The Morgan fingerprint density at radius 2 is 1.90 bits per heavy atom. The highest BCUT2D eigenvalue weighted by molar-refractivity contribution is 7.98. The summed E-state index contributed by atoms with van der Waals surface area (Å²) in [6, 6.07) is 21.4. The second-order valence-electron chi connectivity index (χ2n) is 7.35. The third-order valence-corrected chi connectivity index (χ3v) is 6.23. The molecule has 0 amide bonds. The number of carboxylic acid groups (broad SMARTS) is 1. The Morgan fingerprint density at radius 1 is 1.13 bits per heavy atom. The zero-order valence-corrected chi connectivity index (χ0v) is 18.3. The summed E-state index contributed by atoms with van der Waals surface area (Å²) in [6.07, 6.45) is 4.17. The molecule has 1 unspecified atom stereocenters. The van der Waals surface area contributed by atoms with Crippen LogP contribution >= 0.6 is 11.8 Å². The van der Waals surface area contributed by atoms with Crippen molar-refractivity contribution in [3.8, 4) is 5.75 Å². The molecule has 0 aliphatic carbocycles. The summed E-state index contributed by atoms with van der Waals surface area (Å²) in [5, 5.41) is 11.1. The number of benzene rings is 2. The maximum atomic E-state index is 12.3. The average molecular weight is 433 g/mol. The minimum Gasteiger partial charge on any atom is -0.487 e. The maximum Gasteiger partial charge on any atom is 0.312 e. The van der Waals surface area contributed by atoms with E-state index in [0.29, 0.717) is 13.0 Å². The zero-order chi connectivity index (χ0) is 21.8. The Bertz CT molecular complexity index is 1190. The molecule has 1 atom stereocenters. The predicted octanol–water partition coefficient (Wildman–Crippen LogP) is 5.29. The van der Waals surface area contributed by atoms with Crippen LogP contribution in [0.3, 0.4) is 0 Å². The van der Waals surface area contributed by atoms with Crippen molar-refractivity contribution in [1.82, 2.24) is 9.55 Å². The van der Waals surface area contributed by atoms with Crippen LogP contribution in [0.15, 0.2) is 77.8 Å². The van der Waals surface area contributed by atoms with Gasteiger partial charge in [-0.15, -0.1) is 11.8 Å². The van der Waals surface area contributed by atoms with Gasteiger partial charge in [0.15, 0.2) is 0 Å². The molecule has 4 aromatic rings. The molecule has 5 nitrogen and oxygen atoms in total. The molecule has 31 heavy (non-hydrogen) atoms. The van der Waals surface area contributed by atoms with E-state index in [0.717, 1.165) is 38.5 Å². The summed E-state index contributed by atoms with van der Waals surface area (Å²) in [7, 11) is 1.94. The average Bonchev–Trinajstić information content (AvgIpc) is 3.08. The van der Waals surface area contributed by atoms with Crippen molar-refractivity contribution >= 4 is 28.6 Å². The normalized spacial score (nSPS) is 12.1. The van der Waals surface area contributed by atoms with Crippen LogP contribution < -0.4 is 4.74 Å². The Labute approximate surface area is 185 Å². The molecule has 0 spiro atoms. The number of thioether (sulfide) groups is 1. The molecule has 158 valence electrons. The summed E-state index contributed by atoms with van der Waals surface area (Å²) in [5.41, 5.74) is 3.67. The van der Waals surface area contributed by atoms with Crippen LogP contribution in [0, 0.1) is 0 Å². The minimum absolute atomic E-state index is 0.381. The van der Waals surface area contributed by atoms with Crippen molar-refractivity contribution in [3.63, 3.8) is 0 Å². The number of aryl methyl sites for hydroxylation is 1. The molecular weight excluding hydrogens is 408 g/mol.